The van der Waals surface area contributed by atoms with Crippen molar-refractivity contribution in [3.05, 3.63) is 0 Å². The van der Waals surface area contributed by atoms with Crippen molar-refractivity contribution in [1.29, 1.82) is 0 Å². The topological polar surface area (TPSA) is 18.5 Å². The Balaban J connectivity index is 2.16. The summed E-state index contributed by atoms with van der Waals surface area (Å²) >= 11 is 0. The van der Waals surface area contributed by atoms with Crippen LogP contribution < -0.4 is 5.32 Å². The second kappa shape index (κ2) is 8.13. The minimum atomic E-state index is 0.611. The summed E-state index contributed by atoms with van der Waals surface area (Å²) in [6.07, 6.45) is 2.68. The molecular formula is C15H33N3. The zero-order chi connectivity index (χ0) is 13.5. The van der Waals surface area contributed by atoms with E-state index in [1.807, 2.05) is 0 Å². The molecule has 0 saturated carbocycles. The van der Waals surface area contributed by atoms with E-state index in [-0.39, 0.29) is 0 Å². The van der Waals surface area contributed by atoms with Gasteiger partial charge in [-0.2, -0.15) is 0 Å². The van der Waals surface area contributed by atoms with E-state index >= 15 is 0 Å². The number of nitrogens with one attached hydrogen (secondary N) is 1. The maximum atomic E-state index is 3.50. The Hall–Kier alpha value is -0.120. The molecule has 0 aromatic heterocycles. The second-order valence-electron chi connectivity index (χ2n) is 6.52. The summed E-state index contributed by atoms with van der Waals surface area (Å²) < 4.78 is 0. The summed E-state index contributed by atoms with van der Waals surface area (Å²) in [5.41, 5.74) is 0. The van der Waals surface area contributed by atoms with Crippen molar-refractivity contribution in [3.8, 4) is 0 Å². The van der Waals surface area contributed by atoms with E-state index in [9.17, 15) is 0 Å². The van der Waals surface area contributed by atoms with Crippen molar-refractivity contribution in [2.75, 3.05) is 39.8 Å². The highest BCUT2D eigenvalue weighted by molar-refractivity contribution is 4.79. The van der Waals surface area contributed by atoms with Crippen LogP contribution >= 0.6 is 0 Å². The van der Waals surface area contributed by atoms with Gasteiger partial charge in [0.15, 0.2) is 0 Å². The van der Waals surface area contributed by atoms with Gasteiger partial charge < -0.3 is 15.1 Å². The van der Waals surface area contributed by atoms with Gasteiger partial charge in [0.1, 0.15) is 0 Å². The lowest BCUT2D eigenvalue weighted by Crippen LogP contribution is -2.46. The third-order valence-electron chi connectivity index (χ3n) is 3.81. The molecule has 0 atom stereocenters. The molecular weight excluding hydrogens is 222 g/mol. The van der Waals surface area contributed by atoms with Crippen molar-refractivity contribution < 1.29 is 0 Å². The SMILES string of the molecule is CC(C)CN(C)C1CCN(CCNC(C)C)CC1. The zero-order valence-electron chi connectivity index (χ0n) is 13.1. The fraction of sp³-hybridized carbons (Fsp3) is 1.00. The fourth-order valence-corrected chi connectivity index (χ4v) is 2.82. The molecule has 1 aliphatic heterocycles. The first-order chi connectivity index (χ1) is 8.49. The number of likely N-dealkylation sites (tertiary alicyclic amines) is 1. The highest BCUT2D eigenvalue weighted by Crippen LogP contribution is 2.16. The fourth-order valence-electron chi connectivity index (χ4n) is 2.82. The predicted octanol–water partition coefficient (Wildman–Crippen LogP) is 2.04. The van der Waals surface area contributed by atoms with Crippen molar-refractivity contribution >= 4 is 0 Å². The van der Waals surface area contributed by atoms with Gasteiger partial charge in [-0.3, -0.25) is 0 Å². The van der Waals surface area contributed by atoms with E-state index in [2.05, 4.69) is 49.9 Å². The van der Waals surface area contributed by atoms with Crippen LogP contribution in [0.4, 0.5) is 0 Å². The largest absolute Gasteiger partial charge is 0.313 e. The summed E-state index contributed by atoms with van der Waals surface area (Å²) in [4.78, 5) is 5.17. The van der Waals surface area contributed by atoms with Crippen LogP contribution in [0.3, 0.4) is 0 Å². The first kappa shape index (κ1) is 15.9. The standard InChI is InChI=1S/C15H33N3/c1-13(2)12-17(5)15-6-9-18(10-7-15)11-8-16-14(3)4/h13-16H,6-12H2,1-5H3. The molecule has 0 spiro atoms. The Morgan fingerprint density at radius 2 is 1.78 bits per heavy atom. The predicted molar refractivity (Wildman–Crippen MR) is 80.1 cm³/mol. The van der Waals surface area contributed by atoms with E-state index in [1.165, 1.54) is 39.0 Å². The Morgan fingerprint density at radius 1 is 1.17 bits per heavy atom. The van der Waals surface area contributed by atoms with Crippen LogP contribution in [0.25, 0.3) is 0 Å². The number of piperidine rings is 1. The molecule has 0 amide bonds. The first-order valence-corrected chi connectivity index (χ1v) is 7.65. The molecule has 0 aromatic carbocycles. The molecule has 1 N–H and O–H groups in total. The average Bonchev–Trinajstić information content (AvgIpc) is 2.28. The number of hydrogen-bond donors (Lipinski definition) is 1. The molecule has 0 radical (unpaired) electrons. The van der Waals surface area contributed by atoms with Crippen LogP contribution in [0.1, 0.15) is 40.5 Å². The lowest BCUT2D eigenvalue weighted by molar-refractivity contribution is 0.119. The van der Waals surface area contributed by atoms with Gasteiger partial charge in [0.2, 0.25) is 0 Å². The van der Waals surface area contributed by atoms with Gasteiger partial charge >= 0.3 is 0 Å². The van der Waals surface area contributed by atoms with Crippen LogP contribution in [0.5, 0.6) is 0 Å². The molecule has 108 valence electrons. The van der Waals surface area contributed by atoms with Crippen molar-refractivity contribution in [3.63, 3.8) is 0 Å². The van der Waals surface area contributed by atoms with Crippen LogP contribution in [0, 0.1) is 5.92 Å². The number of nitrogens with zero attached hydrogens (tertiary/aromatic N) is 2. The lowest BCUT2D eigenvalue weighted by Gasteiger charge is -2.37. The molecule has 1 heterocycles. The quantitative estimate of drug-likeness (QED) is 0.751. The second-order valence-corrected chi connectivity index (χ2v) is 6.52. The Morgan fingerprint density at radius 3 is 2.28 bits per heavy atom. The molecule has 1 rings (SSSR count). The van der Waals surface area contributed by atoms with Crippen molar-refractivity contribution in [1.82, 2.24) is 15.1 Å². The van der Waals surface area contributed by atoms with E-state index in [0.29, 0.717) is 6.04 Å². The van der Waals surface area contributed by atoms with Crippen molar-refractivity contribution in [2.24, 2.45) is 5.92 Å². The maximum absolute atomic E-state index is 3.50. The smallest absolute Gasteiger partial charge is 0.0117 e. The molecule has 0 aromatic rings. The molecule has 1 aliphatic rings. The zero-order valence-corrected chi connectivity index (χ0v) is 13.1. The Kier molecular flexibility index (Phi) is 7.20. The van der Waals surface area contributed by atoms with Gasteiger partial charge in [-0.05, 0) is 38.9 Å². The summed E-state index contributed by atoms with van der Waals surface area (Å²) in [6.45, 7) is 15.2. The van der Waals surface area contributed by atoms with E-state index in [4.69, 9.17) is 0 Å². The molecule has 3 nitrogen and oxygen atoms in total. The Bertz CT molecular complexity index is 208. The van der Waals surface area contributed by atoms with Crippen molar-refractivity contribution in [2.45, 2.75) is 52.6 Å². The van der Waals surface area contributed by atoms with E-state index in [0.717, 1.165) is 18.5 Å². The maximum Gasteiger partial charge on any atom is 0.0117 e. The van der Waals surface area contributed by atoms with Gasteiger partial charge in [-0.25, -0.2) is 0 Å². The molecule has 0 unspecified atom stereocenters. The molecule has 0 bridgehead atoms. The molecule has 18 heavy (non-hydrogen) atoms. The summed E-state index contributed by atoms with van der Waals surface area (Å²) in [5, 5.41) is 3.50. The van der Waals surface area contributed by atoms with Gasteiger partial charge in [0, 0.05) is 31.7 Å². The third-order valence-corrected chi connectivity index (χ3v) is 3.81. The van der Waals surface area contributed by atoms with Gasteiger partial charge in [0.05, 0.1) is 0 Å². The summed E-state index contributed by atoms with van der Waals surface area (Å²) in [6, 6.07) is 1.42. The number of rotatable bonds is 7. The molecule has 1 saturated heterocycles. The minimum absolute atomic E-state index is 0.611. The lowest BCUT2D eigenvalue weighted by atomic mass is 10.0. The first-order valence-electron chi connectivity index (χ1n) is 7.65. The molecule has 3 heteroatoms. The third kappa shape index (κ3) is 6.17. The van der Waals surface area contributed by atoms with Gasteiger partial charge in [-0.15, -0.1) is 0 Å². The molecule has 1 fully saturated rings. The Labute approximate surface area is 114 Å². The van der Waals surface area contributed by atoms with E-state index < -0.39 is 0 Å². The summed E-state index contributed by atoms with van der Waals surface area (Å²) in [7, 11) is 2.29. The van der Waals surface area contributed by atoms with E-state index in [1.54, 1.807) is 0 Å². The van der Waals surface area contributed by atoms with Crippen LogP contribution in [0.2, 0.25) is 0 Å². The summed E-state index contributed by atoms with van der Waals surface area (Å²) in [5.74, 6) is 0.781. The molecule has 0 aliphatic carbocycles. The van der Waals surface area contributed by atoms with Crippen LogP contribution in [-0.2, 0) is 0 Å². The highest BCUT2D eigenvalue weighted by Gasteiger charge is 2.22. The van der Waals surface area contributed by atoms with Gasteiger partial charge in [0.25, 0.3) is 0 Å². The highest BCUT2D eigenvalue weighted by atomic mass is 15.2. The normalized spacial score (nSPS) is 19.3. The number of hydrogen-bond acceptors (Lipinski definition) is 3. The van der Waals surface area contributed by atoms with Gasteiger partial charge in [-0.1, -0.05) is 27.7 Å². The monoisotopic (exact) mass is 255 g/mol. The minimum Gasteiger partial charge on any atom is -0.313 e. The average molecular weight is 255 g/mol. The van der Waals surface area contributed by atoms with Crippen LogP contribution in [-0.4, -0.2) is 61.7 Å². The van der Waals surface area contributed by atoms with Crippen LogP contribution in [0.15, 0.2) is 0 Å².